The van der Waals surface area contributed by atoms with Crippen molar-refractivity contribution in [3.63, 3.8) is 0 Å². The number of hydrogen-bond acceptors (Lipinski definition) is 2. The summed E-state index contributed by atoms with van der Waals surface area (Å²) in [7, 11) is 1.73. The molecule has 3 heteroatoms. The zero-order valence-electron chi connectivity index (χ0n) is 13.5. The molecule has 1 fully saturated rings. The summed E-state index contributed by atoms with van der Waals surface area (Å²) in [4.78, 5) is 5.96. The fourth-order valence-electron chi connectivity index (χ4n) is 3.66. The predicted molar refractivity (Wildman–Crippen MR) is 93.9 cm³/mol. The van der Waals surface area contributed by atoms with Crippen molar-refractivity contribution in [2.75, 3.05) is 20.2 Å². The molecule has 4 rings (SSSR count). The second-order valence-corrected chi connectivity index (χ2v) is 6.36. The number of ether oxygens (including phenoxy) is 1. The summed E-state index contributed by atoms with van der Waals surface area (Å²) in [5, 5.41) is 1.30. The monoisotopic (exact) mass is 306 g/mol. The number of methoxy groups -OCH3 is 1. The molecule has 2 aromatic carbocycles. The second kappa shape index (κ2) is 6.09. The standard InChI is InChI=1S/C20H22N2O/c1-23-17-7-8-20-18(11-17)19(12-21-20)16-9-10-22(14-16)13-15-5-3-2-4-6-15/h2-8,11-12,16,21H,9-10,13-14H2,1H3. The Morgan fingerprint density at radius 2 is 2.04 bits per heavy atom. The van der Waals surface area contributed by atoms with E-state index in [0.717, 1.165) is 25.4 Å². The lowest BCUT2D eigenvalue weighted by molar-refractivity contribution is 0.327. The highest BCUT2D eigenvalue weighted by Gasteiger charge is 2.25. The Labute approximate surface area is 136 Å². The van der Waals surface area contributed by atoms with Gasteiger partial charge in [-0.2, -0.15) is 0 Å². The minimum absolute atomic E-state index is 0.597. The quantitative estimate of drug-likeness (QED) is 0.783. The molecule has 23 heavy (non-hydrogen) atoms. The smallest absolute Gasteiger partial charge is 0.119 e. The topological polar surface area (TPSA) is 28.3 Å². The van der Waals surface area contributed by atoms with E-state index in [9.17, 15) is 0 Å². The van der Waals surface area contributed by atoms with E-state index in [1.54, 1.807) is 7.11 Å². The first-order valence-electron chi connectivity index (χ1n) is 8.25. The van der Waals surface area contributed by atoms with Crippen LogP contribution in [0.5, 0.6) is 5.75 Å². The van der Waals surface area contributed by atoms with Crippen molar-refractivity contribution in [3.05, 3.63) is 65.9 Å². The third-order valence-corrected chi connectivity index (χ3v) is 4.88. The van der Waals surface area contributed by atoms with E-state index in [1.165, 1.54) is 28.5 Å². The molecular formula is C20H22N2O. The van der Waals surface area contributed by atoms with Crippen LogP contribution in [-0.2, 0) is 6.54 Å². The number of rotatable bonds is 4. The zero-order chi connectivity index (χ0) is 15.6. The van der Waals surface area contributed by atoms with Crippen molar-refractivity contribution in [2.45, 2.75) is 18.9 Å². The van der Waals surface area contributed by atoms with Crippen LogP contribution in [0.2, 0.25) is 0 Å². The molecule has 0 radical (unpaired) electrons. The molecule has 1 aliphatic rings. The van der Waals surface area contributed by atoms with Crippen LogP contribution in [0.1, 0.15) is 23.5 Å². The van der Waals surface area contributed by atoms with Gasteiger partial charge >= 0.3 is 0 Å². The van der Waals surface area contributed by atoms with Gasteiger partial charge in [0, 0.05) is 30.2 Å². The summed E-state index contributed by atoms with van der Waals surface area (Å²) in [6, 6.07) is 17.0. The molecule has 3 aromatic rings. The van der Waals surface area contributed by atoms with Crippen LogP contribution < -0.4 is 4.74 Å². The Morgan fingerprint density at radius 3 is 2.87 bits per heavy atom. The molecule has 0 amide bonds. The van der Waals surface area contributed by atoms with E-state index in [-0.39, 0.29) is 0 Å². The van der Waals surface area contributed by atoms with Crippen LogP contribution in [-0.4, -0.2) is 30.1 Å². The number of hydrogen-bond donors (Lipinski definition) is 1. The van der Waals surface area contributed by atoms with Gasteiger partial charge in [-0.15, -0.1) is 0 Å². The number of aromatic nitrogens is 1. The first kappa shape index (κ1) is 14.3. The molecule has 2 heterocycles. The first-order chi connectivity index (χ1) is 11.3. The number of H-pyrrole nitrogens is 1. The van der Waals surface area contributed by atoms with Crippen LogP contribution in [0.25, 0.3) is 10.9 Å². The SMILES string of the molecule is COc1ccc2[nH]cc(C3CCN(Cc4ccccc4)C3)c2c1. The highest BCUT2D eigenvalue weighted by Crippen LogP contribution is 2.34. The molecule has 0 bridgehead atoms. The number of nitrogens with one attached hydrogen (secondary N) is 1. The fraction of sp³-hybridized carbons (Fsp3) is 0.300. The van der Waals surface area contributed by atoms with Crippen molar-refractivity contribution in [1.82, 2.24) is 9.88 Å². The van der Waals surface area contributed by atoms with Gasteiger partial charge in [-0.3, -0.25) is 4.90 Å². The van der Waals surface area contributed by atoms with Crippen molar-refractivity contribution in [3.8, 4) is 5.75 Å². The van der Waals surface area contributed by atoms with Gasteiger partial charge in [-0.05, 0) is 48.2 Å². The van der Waals surface area contributed by atoms with Gasteiger partial charge in [0.05, 0.1) is 7.11 Å². The van der Waals surface area contributed by atoms with Crippen molar-refractivity contribution in [1.29, 1.82) is 0 Å². The third-order valence-electron chi connectivity index (χ3n) is 4.88. The Kier molecular flexibility index (Phi) is 3.80. The summed E-state index contributed by atoms with van der Waals surface area (Å²) in [5.74, 6) is 1.53. The lowest BCUT2D eigenvalue weighted by Crippen LogP contribution is -2.19. The van der Waals surface area contributed by atoms with Crippen LogP contribution in [0.3, 0.4) is 0 Å². The molecule has 1 saturated heterocycles. The third kappa shape index (κ3) is 2.84. The number of fused-ring (bicyclic) bond motifs is 1. The minimum atomic E-state index is 0.597. The summed E-state index contributed by atoms with van der Waals surface area (Å²) in [5.41, 5.74) is 4.02. The normalized spacial score (nSPS) is 18.6. The maximum absolute atomic E-state index is 5.39. The lowest BCUT2D eigenvalue weighted by atomic mass is 9.98. The summed E-state index contributed by atoms with van der Waals surface area (Å²) in [6.45, 7) is 3.33. The average Bonchev–Trinajstić information content (AvgIpc) is 3.21. The molecule has 3 nitrogen and oxygen atoms in total. The number of aromatic amines is 1. The van der Waals surface area contributed by atoms with E-state index in [0.29, 0.717) is 5.92 Å². The number of nitrogens with zero attached hydrogens (tertiary/aromatic N) is 1. The van der Waals surface area contributed by atoms with E-state index in [1.807, 2.05) is 6.07 Å². The maximum Gasteiger partial charge on any atom is 0.119 e. The summed E-state index contributed by atoms with van der Waals surface area (Å²) in [6.07, 6.45) is 3.40. The average molecular weight is 306 g/mol. The van der Waals surface area contributed by atoms with Crippen molar-refractivity contribution < 1.29 is 4.74 Å². The highest BCUT2D eigenvalue weighted by molar-refractivity contribution is 5.85. The molecule has 0 aliphatic carbocycles. The molecule has 118 valence electrons. The van der Waals surface area contributed by atoms with Gasteiger partial charge in [0.25, 0.3) is 0 Å². The van der Waals surface area contributed by atoms with Gasteiger partial charge in [0.2, 0.25) is 0 Å². The van der Waals surface area contributed by atoms with Gasteiger partial charge in [0.15, 0.2) is 0 Å². The fourth-order valence-corrected chi connectivity index (χ4v) is 3.66. The van der Waals surface area contributed by atoms with E-state index in [4.69, 9.17) is 4.74 Å². The van der Waals surface area contributed by atoms with Crippen LogP contribution >= 0.6 is 0 Å². The van der Waals surface area contributed by atoms with Crippen LogP contribution in [0.4, 0.5) is 0 Å². The van der Waals surface area contributed by atoms with Gasteiger partial charge in [0.1, 0.15) is 5.75 Å². The molecule has 1 N–H and O–H groups in total. The summed E-state index contributed by atoms with van der Waals surface area (Å²) < 4.78 is 5.39. The van der Waals surface area contributed by atoms with Crippen LogP contribution in [0, 0.1) is 0 Å². The Morgan fingerprint density at radius 1 is 1.17 bits per heavy atom. The lowest BCUT2D eigenvalue weighted by Gasteiger charge is -2.16. The van der Waals surface area contributed by atoms with Gasteiger partial charge in [-0.25, -0.2) is 0 Å². The maximum atomic E-state index is 5.39. The minimum Gasteiger partial charge on any atom is -0.497 e. The van der Waals surface area contributed by atoms with Crippen molar-refractivity contribution >= 4 is 10.9 Å². The summed E-state index contributed by atoms with van der Waals surface area (Å²) >= 11 is 0. The van der Waals surface area contributed by atoms with Crippen molar-refractivity contribution in [2.24, 2.45) is 0 Å². The molecule has 0 spiro atoms. The molecule has 1 aromatic heterocycles. The molecule has 1 aliphatic heterocycles. The highest BCUT2D eigenvalue weighted by atomic mass is 16.5. The second-order valence-electron chi connectivity index (χ2n) is 6.36. The molecular weight excluding hydrogens is 284 g/mol. The molecule has 1 atom stereocenters. The molecule has 1 unspecified atom stereocenters. The van der Waals surface area contributed by atoms with E-state index >= 15 is 0 Å². The largest absolute Gasteiger partial charge is 0.497 e. The number of benzene rings is 2. The Balaban J connectivity index is 1.53. The Hall–Kier alpha value is -2.26. The van der Waals surface area contributed by atoms with E-state index in [2.05, 4.69) is 58.5 Å². The molecule has 0 saturated carbocycles. The first-order valence-corrected chi connectivity index (χ1v) is 8.25. The Bertz CT molecular complexity index is 794. The predicted octanol–water partition coefficient (Wildman–Crippen LogP) is 4.17. The number of likely N-dealkylation sites (tertiary alicyclic amines) is 1. The van der Waals surface area contributed by atoms with Crippen LogP contribution in [0.15, 0.2) is 54.7 Å². The van der Waals surface area contributed by atoms with Gasteiger partial charge in [-0.1, -0.05) is 30.3 Å². The zero-order valence-corrected chi connectivity index (χ0v) is 13.5. The van der Waals surface area contributed by atoms with E-state index < -0.39 is 0 Å². The van der Waals surface area contributed by atoms with Gasteiger partial charge < -0.3 is 9.72 Å².